The summed E-state index contributed by atoms with van der Waals surface area (Å²) in [6, 6.07) is 21.4. The summed E-state index contributed by atoms with van der Waals surface area (Å²) < 4.78 is 12.7. The van der Waals surface area contributed by atoms with Crippen molar-refractivity contribution in [2.45, 2.75) is 72.0 Å². The number of anilines is 2. The predicted octanol–water partition coefficient (Wildman–Crippen LogP) is 6.07. The summed E-state index contributed by atoms with van der Waals surface area (Å²) in [6.45, 7) is 8.27. The molecular formula is C39H40N8O5. The van der Waals surface area contributed by atoms with Gasteiger partial charge in [-0.25, -0.2) is 4.98 Å². The van der Waals surface area contributed by atoms with Gasteiger partial charge in [-0.1, -0.05) is 52.8 Å². The maximum atomic E-state index is 12.2. The lowest BCUT2D eigenvalue weighted by Crippen LogP contribution is -2.37. The molecule has 52 heavy (non-hydrogen) atoms. The Kier molecular flexibility index (Phi) is 9.33. The molecule has 5 heterocycles. The van der Waals surface area contributed by atoms with Gasteiger partial charge in [-0.05, 0) is 81.5 Å². The molecule has 3 aromatic heterocycles. The van der Waals surface area contributed by atoms with Crippen LogP contribution in [0.2, 0.25) is 0 Å². The van der Waals surface area contributed by atoms with Crippen molar-refractivity contribution in [3.05, 3.63) is 101 Å². The number of hydrogen-bond donors (Lipinski definition) is 4. The lowest BCUT2D eigenvalue weighted by Gasteiger charge is -2.14. The van der Waals surface area contributed by atoms with E-state index in [-0.39, 0.29) is 23.8 Å². The van der Waals surface area contributed by atoms with E-state index in [0.29, 0.717) is 42.9 Å². The van der Waals surface area contributed by atoms with Crippen LogP contribution in [0.25, 0.3) is 33.3 Å². The van der Waals surface area contributed by atoms with E-state index in [9.17, 15) is 14.4 Å². The molecule has 5 N–H and O–H groups in total. The van der Waals surface area contributed by atoms with Crippen LogP contribution in [0.15, 0.2) is 75.8 Å². The van der Waals surface area contributed by atoms with Crippen molar-refractivity contribution < 1.29 is 23.4 Å². The monoisotopic (exact) mass is 700 g/mol. The number of rotatable bonds is 7. The molecule has 2 aliphatic rings. The van der Waals surface area contributed by atoms with Gasteiger partial charge in [0.1, 0.15) is 23.4 Å². The second-order valence-electron chi connectivity index (χ2n) is 13.3. The molecule has 13 nitrogen and oxygen atoms in total. The summed E-state index contributed by atoms with van der Waals surface area (Å²) in [5.41, 5.74) is 15.5. The number of hydrogen-bond acceptors (Lipinski definition) is 9. The van der Waals surface area contributed by atoms with E-state index in [4.69, 9.17) is 19.8 Å². The molecule has 0 spiro atoms. The van der Waals surface area contributed by atoms with E-state index in [0.717, 1.165) is 62.7 Å². The van der Waals surface area contributed by atoms with Crippen molar-refractivity contribution in [3.8, 4) is 22.3 Å². The van der Waals surface area contributed by atoms with Gasteiger partial charge < -0.3 is 35.3 Å². The number of aryl methyl sites for hydroxylation is 4. The van der Waals surface area contributed by atoms with Gasteiger partial charge in [0.25, 0.3) is 0 Å². The fraction of sp³-hybridized carbons (Fsp3) is 0.282. The van der Waals surface area contributed by atoms with E-state index in [2.05, 4.69) is 61.2 Å². The Labute approximate surface area is 299 Å². The highest BCUT2D eigenvalue weighted by Crippen LogP contribution is 2.34. The Hall–Kier alpha value is -6.24. The van der Waals surface area contributed by atoms with Gasteiger partial charge in [-0.2, -0.15) is 0 Å². The molecule has 2 atom stereocenters. The Morgan fingerprint density at radius 3 is 2.08 bits per heavy atom. The number of nitrogens with two attached hydrogens (primary N) is 1. The highest BCUT2D eigenvalue weighted by atomic mass is 16.5. The molecule has 3 aromatic carbocycles. The molecule has 2 fully saturated rings. The molecule has 13 heteroatoms. The first-order valence-corrected chi connectivity index (χ1v) is 17.3. The van der Waals surface area contributed by atoms with E-state index < -0.39 is 6.04 Å². The Balaban J connectivity index is 0.000000167. The lowest BCUT2D eigenvalue weighted by atomic mass is 10.0. The van der Waals surface area contributed by atoms with Crippen LogP contribution in [0.4, 0.5) is 11.4 Å². The van der Waals surface area contributed by atoms with Crippen LogP contribution >= 0.6 is 0 Å². The quantitative estimate of drug-likeness (QED) is 0.144. The standard InChI is InChI=1S/C23H22N4O2.C16H18N4O3/c1-14-22(15(2)29-26-14)17-8-10-20-19(12-17)25-23(18-9-11-21(28)24-18)27(20)13-16-6-4-3-5-7-16;1-8-15(9(2)23-20-8)10-3-4-11(17)13(7-10)19-16(22)12-5-6-14(21)18-12/h3-8,10,12,18H,9,11,13H2,1-2H3,(H,24,28);3-4,7,12H,5-6,17H2,1-2H3,(H,18,21)(H,19,22)/t18-;12-/m00/s1. The average Bonchev–Trinajstić information content (AvgIpc) is 3.96. The Bertz CT molecular complexity index is 2270. The smallest absolute Gasteiger partial charge is 0.247 e. The number of carbonyl (C=O) groups excluding carboxylic acids is 3. The lowest BCUT2D eigenvalue weighted by molar-refractivity contribution is -0.122. The van der Waals surface area contributed by atoms with Crippen LogP contribution in [0.5, 0.6) is 0 Å². The normalized spacial score (nSPS) is 16.8. The van der Waals surface area contributed by atoms with Crippen molar-refractivity contribution in [1.82, 2.24) is 30.5 Å². The second kappa shape index (κ2) is 14.2. The molecule has 8 rings (SSSR count). The zero-order valence-corrected chi connectivity index (χ0v) is 29.4. The van der Waals surface area contributed by atoms with Gasteiger partial charge >= 0.3 is 0 Å². The molecule has 0 saturated carbocycles. The van der Waals surface area contributed by atoms with E-state index in [1.807, 2.05) is 52.0 Å². The number of fused-ring (bicyclic) bond motifs is 1. The fourth-order valence-corrected chi connectivity index (χ4v) is 6.95. The summed E-state index contributed by atoms with van der Waals surface area (Å²) in [5.74, 6) is 2.12. The number of nitrogen functional groups attached to an aromatic ring is 1. The van der Waals surface area contributed by atoms with Gasteiger partial charge in [0.2, 0.25) is 17.7 Å². The number of nitrogens with one attached hydrogen (secondary N) is 3. The minimum atomic E-state index is -0.510. The predicted molar refractivity (Wildman–Crippen MR) is 196 cm³/mol. The molecule has 2 aliphatic heterocycles. The van der Waals surface area contributed by atoms with Crippen LogP contribution in [0.3, 0.4) is 0 Å². The highest BCUT2D eigenvalue weighted by Gasteiger charge is 2.29. The Morgan fingerprint density at radius 1 is 0.846 bits per heavy atom. The number of benzene rings is 3. The first-order valence-electron chi connectivity index (χ1n) is 17.3. The molecule has 0 bridgehead atoms. The topological polar surface area (TPSA) is 183 Å². The maximum absolute atomic E-state index is 12.2. The van der Waals surface area contributed by atoms with Gasteiger partial charge in [0, 0.05) is 30.5 Å². The minimum Gasteiger partial charge on any atom is -0.397 e. The number of nitrogens with zero attached hydrogens (tertiary/aromatic N) is 4. The molecule has 6 aromatic rings. The van der Waals surface area contributed by atoms with Crippen molar-refractivity contribution in [2.75, 3.05) is 11.1 Å². The highest BCUT2D eigenvalue weighted by molar-refractivity contribution is 6.01. The number of imidazole rings is 1. The molecule has 0 radical (unpaired) electrons. The van der Waals surface area contributed by atoms with E-state index in [1.165, 1.54) is 5.56 Å². The van der Waals surface area contributed by atoms with Crippen LogP contribution in [0.1, 0.15) is 66.0 Å². The van der Waals surface area contributed by atoms with Gasteiger partial charge in [0.15, 0.2) is 0 Å². The molecule has 3 amide bonds. The largest absolute Gasteiger partial charge is 0.397 e. The second-order valence-corrected chi connectivity index (χ2v) is 13.3. The van der Waals surface area contributed by atoms with Crippen molar-refractivity contribution in [2.24, 2.45) is 0 Å². The molecule has 0 unspecified atom stereocenters. The van der Waals surface area contributed by atoms with E-state index in [1.54, 1.807) is 12.1 Å². The SMILES string of the molecule is Cc1noc(C)c1-c1ccc(N)c(NC(=O)[C@@H]2CCC(=O)N2)c1.Cc1noc(C)c1-c1ccc2c(c1)nc([C@@H]1CCC(=O)N1)n2Cc1ccccc1. The van der Waals surface area contributed by atoms with Gasteiger partial charge in [-0.3, -0.25) is 14.4 Å². The first kappa shape index (κ1) is 34.2. The molecule has 2 saturated heterocycles. The summed E-state index contributed by atoms with van der Waals surface area (Å²) in [6.07, 6.45) is 2.18. The summed E-state index contributed by atoms with van der Waals surface area (Å²) in [4.78, 5) is 40.2. The summed E-state index contributed by atoms with van der Waals surface area (Å²) in [7, 11) is 0. The average molecular weight is 701 g/mol. The summed E-state index contributed by atoms with van der Waals surface area (Å²) >= 11 is 0. The number of aromatic nitrogens is 4. The Morgan fingerprint density at radius 2 is 1.48 bits per heavy atom. The minimum absolute atomic E-state index is 0.0545. The van der Waals surface area contributed by atoms with Crippen LogP contribution in [-0.2, 0) is 20.9 Å². The van der Waals surface area contributed by atoms with Crippen LogP contribution < -0.4 is 21.7 Å². The number of carbonyl (C=O) groups is 3. The maximum Gasteiger partial charge on any atom is 0.247 e. The van der Waals surface area contributed by atoms with Crippen molar-refractivity contribution in [3.63, 3.8) is 0 Å². The summed E-state index contributed by atoms with van der Waals surface area (Å²) in [5, 5.41) is 16.5. The zero-order valence-electron chi connectivity index (χ0n) is 29.4. The molecular weight excluding hydrogens is 660 g/mol. The molecule has 0 aliphatic carbocycles. The van der Waals surface area contributed by atoms with Crippen molar-refractivity contribution in [1.29, 1.82) is 0 Å². The third kappa shape index (κ3) is 6.89. The number of amides is 3. The first-order chi connectivity index (χ1) is 25.0. The van der Waals surface area contributed by atoms with Gasteiger partial charge in [0.05, 0.1) is 39.8 Å². The molecule has 266 valence electrons. The van der Waals surface area contributed by atoms with Crippen LogP contribution in [0, 0.1) is 27.7 Å². The fourth-order valence-electron chi connectivity index (χ4n) is 6.95. The van der Waals surface area contributed by atoms with Gasteiger partial charge in [-0.15, -0.1) is 0 Å². The van der Waals surface area contributed by atoms with Crippen LogP contribution in [-0.4, -0.2) is 43.6 Å². The third-order valence-electron chi connectivity index (χ3n) is 9.54. The zero-order chi connectivity index (χ0) is 36.5. The third-order valence-corrected chi connectivity index (χ3v) is 9.54. The van der Waals surface area contributed by atoms with Crippen molar-refractivity contribution >= 4 is 40.1 Å². The van der Waals surface area contributed by atoms with E-state index >= 15 is 0 Å².